The summed E-state index contributed by atoms with van der Waals surface area (Å²) in [5.74, 6) is -3.76. The lowest BCUT2D eigenvalue weighted by Crippen LogP contribution is -2.33. The summed E-state index contributed by atoms with van der Waals surface area (Å²) in [6, 6.07) is 2.61. The number of halogens is 3. The quantitative estimate of drug-likeness (QED) is 0.518. The minimum absolute atomic E-state index is 0.0888. The van der Waals surface area contributed by atoms with E-state index in [0.29, 0.717) is 18.6 Å². The van der Waals surface area contributed by atoms with Crippen LogP contribution in [0.1, 0.15) is 43.7 Å². The third-order valence-corrected chi connectivity index (χ3v) is 3.56. The predicted octanol–water partition coefficient (Wildman–Crippen LogP) is 2.06. The summed E-state index contributed by atoms with van der Waals surface area (Å²) in [7, 11) is 1.70. The summed E-state index contributed by atoms with van der Waals surface area (Å²) < 4.78 is 36.6. The van der Waals surface area contributed by atoms with Gasteiger partial charge in [-0.05, 0) is 25.1 Å². The fraction of sp³-hybridized carbons (Fsp3) is 0.278. The number of aromatic nitrogens is 2. The molecular formula is C18H19F3N4O6. The maximum Gasteiger partial charge on any atom is 0.434 e. The summed E-state index contributed by atoms with van der Waals surface area (Å²) in [4.78, 5) is 40.3. The van der Waals surface area contributed by atoms with Gasteiger partial charge in [0.15, 0.2) is 5.69 Å². The highest BCUT2D eigenvalue weighted by molar-refractivity contribution is 5.98. The zero-order valence-electron chi connectivity index (χ0n) is 16.3. The van der Waals surface area contributed by atoms with Crippen LogP contribution in [0.25, 0.3) is 0 Å². The Bertz CT molecular complexity index is 869. The molecule has 0 aliphatic carbocycles. The highest BCUT2D eigenvalue weighted by atomic mass is 19.4. The van der Waals surface area contributed by atoms with Crippen LogP contribution in [0.15, 0.2) is 30.6 Å². The highest BCUT2D eigenvalue weighted by Gasteiger charge is 2.32. The first kappa shape index (κ1) is 25.3. The lowest BCUT2D eigenvalue weighted by Gasteiger charge is -2.19. The number of benzene rings is 1. The molecule has 168 valence electrons. The van der Waals surface area contributed by atoms with Crippen LogP contribution in [-0.4, -0.2) is 62.8 Å². The van der Waals surface area contributed by atoms with Crippen molar-refractivity contribution in [2.24, 2.45) is 5.73 Å². The maximum absolute atomic E-state index is 12.2. The van der Waals surface area contributed by atoms with Crippen molar-refractivity contribution < 1.29 is 42.9 Å². The Morgan fingerprint density at radius 1 is 0.968 bits per heavy atom. The van der Waals surface area contributed by atoms with E-state index in [-0.39, 0.29) is 22.7 Å². The van der Waals surface area contributed by atoms with E-state index in [2.05, 4.69) is 9.97 Å². The van der Waals surface area contributed by atoms with Gasteiger partial charge in [-0.3, -0.25) is 0 Å². The Labute approximate surface area is 173 Å². The molecule has 0 fully saturated rings. The van der Waals surface area contributed by atoms with Gasteiger partial charge in [0, 0.05) is 19.6 Å². The van der Waals surface area contributed by atoms with Crippen LogP contribution in [0.3, 0.4) is 0 Å². The van der Waals surface area contributed by atoms with Crippen molar-refractivity contribution in [3.63, 3.8) is 0 Å². The minimum atomic E-state index is -4.45. The lowest BCUT2D eigenvalue weighted by molar-refractivity contribution is -0.141. The number of rotatable bonds is 6. The fourth-order valence-corrected chi connectivity index (χ4v) is 2.19. The van der Waals surface area contributed by atoms with Gasteiger partial charge in [0.25, 0.3) is 0 Å². The smallest absolute Gasteiger partial charge is 0.434 e. The molecule has 2 rings (SSSR count). The number of hydrogen-bond acceptors (Lipinski definition) is 7. The van der Waals surface area contributed by atoms with E-state index in [1.165, 1.54) is 0 Å². The Morgan fingerprint density at radius 2 is 1.39 bits per heavy atom. The molecule has 1 aromatic carbocycles. The summed E-state index contributed by atoms with van der Waals surface area (Å²) in [6.07, 6.45) is -2.65. The summed E-state index contributed by atoms with van der Waals surface area (Å²) in [6.45, 7) is 2.30. The van der Waals surface area contributed by atoms with E-state index in [1.807, 2.05) is 0 Å². The van der Waals surface area contributed by atoms with E-state index in [9.17, 15) is 27.6 Å². The molecule has 0 saturated carbocycles. The first-order chi connectivity index (χ1) is 14.2. The maximum atomic E-state index is 12.2. The average molecular weight is 444 g/mol. The highest BCUT2D eigenvalue weighted by Crippen LogP contribution is 2.27. The molecule has 5 N–H and O–H groups in total. The zero-order chi connectivity index (χ0) is 23.9. The van der Waals surface area contributed by atoms with Crippen molar-refractivity contribution >= 4 is 23.7 Å². The van der Waals surface area contributed by atoms with Crippen LogP contribution in [0.5, 0.6) is 0 Å². The van der Waals surface area contributed by atoms with Crippen molar-refractivity contribution in [2.45, 2.75) is 19.1 Å². The molecule has 1 atom stereocenters. The molecule has 0 spiro atoms. The second kappa shape index (κ2) is 10.3. The SMILES string of the molecule is C[C@H](N)CN(C)c1cnc(C(F)(F)F)cn1.O=C(O)c1cc(C(=O)O)cc(C(=O)O)c1. The van der Waals surface area contributed by atoms with Gasteiger partial charge in [0.2, 0.25) is 0 Å². The molecule has 0 aliphatic rings. The fourth-order valence-electron chi connectivity index (χ4n) is 2.19. The number of carbonyl (C=O) groups is 3. The third kappa shape index (κ3) is 7.89. The normalized spacial score (nSPS) is 11.7. The van der Waals surface area contributed by atoms with Crippen molar-refractivity contribution in [1.29, 1.82) is 0 Å². The summed E-state index contributed by atoms with van der Waals surface area (Å²) in [5.41, 5.74) is 3.46. The predicted molar refractivity (Wildman–Crippen MR) is 101 cm³/mol. The number of carboxylic acid groups (broad SMARTS) is 3. The number of hydrogen-bond donors (Lipinski definition) is 4. The monoisotopic (exact) mass is 444 g/mol. The number of nitrogens with zero attached hydrogens (tertiary/aromatic N) is 3. The number of aromatic carboxylic acids is 3. The van der Waals surface area contributed by atoms with E-state index < -0.39 is 29.8 Å². The molecule has 2 aromatic rings. The Balaban J connectivity index is 0.000000311. The first-order valence-corrected chi connectivity index (χ1v) is 8.43. The molecular weight excluding hydrogens is 425 g/mol. The molecule has 1 heterocycles. The molecule has 13 heteroatoms. The van der Waals surface area contributed by atoms with Gasteiger partial charge in [-0.1, -0.05) is 0 Å². The molecule has 10 nitrogen and oxygen atoms in total. The van der Waals surface area contributed by atoms with Crippen molar-refractivity contribution in [2.75, 3.05) is 18.5 Å². The largest absolute Gasteiger partial charge is 0.478 e. The van der Waals surface area contributed by atoms with Crippen LogP contribution in [-0.2, 0) is 6.18 Å². The molecule has 0 aliphatic heterocycles. The van der Waals surface area contributed by atoms with Gasteiger partial charge in [0.05, 0.1) is 29.1 Å². The topological polar surface area (TPSA) is 167 Å². The molecule has 0 saturated heterocycles. The number of likely N-dealkylation sites (N-methyl/N-ethyl adjacent to an activating group) is 1. The first-order valence-electron chi connectivity index (χ1n) is 8.43. The van der Waals surface area contributed by atoms with E-state index in [0.717, 1.165) is 24.4 Å². The molecule has 0 bridgehead atoms. The van der Waals surface area contributed by atoms with Gasteiger partial charge in [-0.15, -0.1) is 0 Å². The van der Waals surface area contributed by atoms with Gasteiger partial charge >= 0.3 is 24.1 Å². The van der Waals surface area contributed by atoms with Crippen LogP contribution in [0, 0.1) is 0 Å². The van der Waals surface area contributed by atoms with E-state index in [1.54, 1.807) is 18.9 Å². The van der Waals surface area contributed by atoms with Crippen molar-refractivity contribution in [1.82, 2.24) is 9.97 Å². The Kier molecular flexibility index (Phi) is 8.44. The zero-order valence-corrected chi connectivity index (χ0v) is 16.3. The van der Waals surface area contributed by atoms with E-state index in [4.69, 9.17) is 21.1 Å². The van der Waals surface area contributed by atoms with Gasteiger partial charge in [-0.25, -0.2) is 24.4 Å². The van der Waals surface area contributed by atoms with Gasteiger partial charge < -0.3 is 26.0 Å². The van der Waals surface area contributed by atoms with Gasteiger partial charge in [-0.2, -0.15) is 13.2 Å². The standard InChI is InChI=1S/C9H13F3N4.C9H6O6/c1-6(13)5-16(2)8-4-14-7(3-15-8)9(10,11)12;10-7(11)4-1-5(8(12)13)3-6(2-4)9(14)15/h3-4,6H,5,13H2,1-2H3;1-3H,(H,10,11)(H,12,13)(H,14,15)/t6-;/m0./s1. The lowest BCUT2D eigenvalue weighted by atomic mass is 10.1. The minimum Gasteiger partial charge on any atom is -0.478 e. The van der Waals surface area contributed by atoms with Crippen LogP contribution >= 0.6 is 0 Å². The molecule has 0 unspecified atom stereocenters. The Morgan fingerprint density at radius 3 is 1.65 bits per heavy atom. The molecule has 31 heavy (non-hydrogen) atoms. The summed E-state index contributed by atoms with van der Waals surface area (Å²) in [5, 5.41) is 25.8. The van der Waals surface area contributed by atoms with Crippen LogP contribution < -0.4 is 10.6 Å². The van der Waals surface area contributed by atoms with Crippen LogP contribution in [0.2, 0.25) is 0 Å². The van der Waals surface area contributed by atoms with Crippen molar-refractivity contribution in [3.8, 4) is 0 Å². The Hall–Kier alpha value is -3.74. The number of anilines is 1. The molecule has 0 radical (unpaired) electrons. The third-order valence-electron chi connectivity index (χ3n) is 3.56. The van der Waals surface area contributed by atoms with Crippen LogP contribution in [0.4, 0.5) is 19.0 Å². The second-order valence-electron chi connectivity index (χ2n) is 6.33. The number of alkyl halides is 3. The van der Waals surface area contributed by atoms with Gasteiger partial charge in [0.1, 0.15) is 5.82 Å². The number of carboxylic acids is 3. The average Bonchev–Trinajstić information content (AvgIpc) is 2.66. The summed E-state index contributed by atoms with van der Waals surface area (Å²) >= 11 is 0. The van der Waals surface area contributed by atoms with Crippen molar-refractivity contribution in [3.05, 3.63) is 53.0 Å². The van der Waals surface area contributed by atoms with E-state index >= 15 is 0 Å². The second-order valence-corrected chi connectivity index (χ2v) is 6.33. The molecule has 0 amide bonds. The number of nitrogens with two attached hydrogens (primary N) is 1. The molecule has 1 aromatic heterocycles.